The number of carbonyl (C=O) groups excluding carboxylic acids is 2. The van der Waals surface area contributed by atoms with Crippen LogP contribution in [0.5, 0.6) is 5.75 Å². The Hall–Kier alpha value is -4.66. The first-order chi connectivity index (χ1) is 17.2. The van der Waals surface area contributed by atoms with E-state index in [2.05, 4.69) is 20.8 Å². The van der Waals surface area contributed by atoms with Crippen molar-refractivity contribution in [2.24, 2.45) is 5.73 Å². The number of hydrogen-bond acceptors (Lipinski definition) is 5. The van der Waals surface area contributed by atoms with Gasteiger partial charge in [-0.3, -0.25) is 14.7 Å². The molecular weight excluding hydrogens is 461 g/mol. The van der Waals surface area contributed by atoms with Crippen LogP contribution in [-0.4, -0.2) is 27.1 Å². The maximum absolute atomic E-state index is 13.1. The number of phenols is 1. The Morgan fingerprint density at radius 3 is 2.25 bits per heavy atom. The van der Waals surface area contributed by atoms with Gasteiger partial charge in [0.2, 0.25) is 0 Å². The molecule has 0 aliphatic carbocycles. The normalized spacial score (nSPS) is 10.8. The second kappa shape index (κ2) is 10.3. The van der Waals surface area contributed by atoms with Crippen LogP contribution in [0.1, 0.15) is 48.7 Å². The zero-order chi connectivity index (χ0) is 25.8. The maximum Gasteiger partial charge on any atom is 0.255 e. The Bertz CT molecular complexity index is 1390. The van der Waals surface area contributed by atoms with Crippen molar-refractivity contribution in [3.05, 3.63) is 106 Å². The molecule has 184 valence electrons. The SMILES string of the molecule is Cc1cc(CNc2n[nH]c(Cc3ccc(NC(=O)c4ccc(F)cc4)cc3)c2C(N)=O)cc(C)c1O. The first kappa shape index (κ1) is 24.5. The van der Waals surface area contributed by atoms with Crippen LogP contribution >= 0.6 is 0 Å². The van der Waals surface area contributed by atoms with Crippen molar-refractivity contribution in [3.8, 4) is 5.75 Å². The van der Waals surface area contributed by atoms with Crippen molar-refractivity contribution in [1.82, 2.24) is 10.2 Å². The summed E-state index contributed by atoms with van der Waals surface area (Å²) in [7, 11) is 0. The first-order valence-electron chi connectivity index (χ1n) is 11.3. The van der Waals surface area contributed by atoms with E-state index < -0.39 is 11.7 Å². The number of nitrogens with two attached hydrogens (primary N) is 1. The zero-order valence-corrected chi connectivity index (χ0v) is 19.9. The Balaban J connectivity index is 1.44. The minimum absolute atomic E-state index is 0.264. The molecule has 2 amide bonds. The number of halogens is 1. The van der Waals surface area contributed by atoms with Gasteiger partial charge in [-0.15, -0.1) is 0 Å². The van der Waals surface area contributed by atoms with E-state index in [9.17, 15) is 19.1 Å². The number of nitrogens with zero attached hydrogens (tertiary/aromatic N) is 1. The fourth-order valence-electron chi connectivity index (χ4n) is 3.95. The summed E-state index contributed by atoms with van der Waals surface area (Å²) < 4.78 is 13.1. The molecule has 1 heterocycles. The van der Waals surface area contributed by atoms with Gasteiger partial charge in [-0.25, -0.2) is 4.39 Å². The molecular formula is C27H26FN5O3. The van der Waals surface area contributed by atoms with Crippen molar-refractivity contribution in [3.63, 3.8) is 0 Å². The number of primary amides is 1. The molecule has 0 atom stereocenters. The third-order valence-corrected chi connectivity index (χ3v) is 5.80. The lowest BCUT2D eigenvalue weighted by Crippen LogP contribution is -2.15. The Kier molecular flexibility index (Phi) is 7.00. The van der Waals surface area contributed by atoms with Crippen LogP contribution < -0.4 is 16.4 Å². The second-order valence-corrected chi connectivity index (χ2v) is 8.56. The van der Waals surface area contributed by atoms with Gasteiger partial charge < -0.3 is 21.5 Å². The monoisotopic (exact) mass is 487 g/mol. The number of aromatic hydroxyl groups is 1. The van der Waals surface area contributed by atoms with Gasteiger partial charge in [-0.2, -0.15) is 5.10 Å². The van der Waals surface area contributed by atoms with Crippen LogP contribution in [0, 0.1) is 19.7 Å². The molecule has 0 saturated carbocycles. The molecule has 0 bridgehead atoms. The predicted molar refractivity (Wildman–Crippen MR) is 136 cm³/mol. The highest BCUT2D eigenvalue weighted by Gasteiger charge is 2.19. The summed E-state index contributed by atoms with van der Waals surface area (Å²) in [4.78, 5) is 24.5. The number of anilines is 2. The number of nitrogens with one attached hydrogen (secondary N) is 3. The van der Waals surface area contributed by atoms with Gasteiger partial charge in [-0.05, 0) is 72.5 Å². The Morgan fingerprint density at radius 2 is 1.64 bits per heavy atom. The zero-order valence-electron chi connectivity index (χ0n) is 19.9. The number of amides is 2. The molecule has 4 rings (SSSR count). The molecule has 1 aromatic heterocycles. The van der Waals surface area contributed by atoms with Gasteiger partial charge in [0.15, 0.2) is 5.82 Å². The van der Waals surface area contributed by atoms with E-state index in [-0.39, 0.29) is 17.2 Å². The number of rotatable bonds is 8. The number of benzene rings is 3. The summed E-state index contributed by atoms with van der Waals surface area (Å²) in [6, 6.07) is 16.1. The van der Waals surface area contributed by atoms with Crippen molar-refractivity contribution in [1.29, 1.82) is 0 Å². The van der Waals surface area contributed by atoms with Crippen LogP contribution in [0.25, 0.3) is 0 Å². The second-order valence-electron chi connectivity index (χ2n) is 8.56. The summed E-state index contributed by atoms with van der Waals surface area (Å²) in [5.74, 6) is -0.748. The van der Waals surface area contributed by atoms with Gasteiger partial charge in [0.1, 0.15) is 17.1 Å². The Labute approximate surface area is 207 Å². The molecule has 0 fully saturated rings. The highest BCUT2D eigenvalue weighted by molar-refractivity contribution is 6.04. The van der Waals surface area contributed by atoms with Gasteiger partial charge in [0, 0.05) is 24.2 Å². The standard InChI is InChI=1S/C27H26FN5O3/c1-15-11-18(12-16(2)24(15)34)14-30-26-23(25(29)35)22(32-33-26)13-17-3-9-21(10-4-17)31-27(36)19-5-7-20(28)8-6-19/h3-12,34H,13-14H2,1-2H3,(H2,29,35)(H,31,36)(H2,30,32,33). The number of aromatic amines is 1. The summed E-state index contributed by atoms with van der Waals surface area (Å²) in [6.45, 7) is 4.05. The number of aromatic nitrogens is 2. The summed E-state index contributed by atoms with van der Waals surface area (Å²) in [5, 5.41) is 23.0. The minimum atomic E-state index is -0.609. The predicted octanol–water partition coefficient (Wildman–Crippen LogP) is 4.43. The third-order valence-electron chi connectivity index (χ3n) is 5.80. The van der Waals surface area contributed by atoms with Crippen LogP contribution in [-0.2, 0) is 13.0 Å². The number of phenolic OH excluding ortho intramolecular Hbond substituents is 1. The van der Waals surface area contributed by atoms with Crippen molar-refractivity contribution < 1.29 is 19.1 Å². The van der Waals surface area contributed by atoms with E-state index >= 15 is 0 Å². The van der Waals surface area contributed by atoms with Crippen molar-refractivity contribution in [2.75, 3.05) is 10.6 Å². The molecule has 0 aliphatic heterocycles. The number of aryl methyl sites for hydroxylation is 2. The summed E-state index contributed by atoms with van der Waals surface area (Å²) in [6.07, 6.45) is 0.372. The van der Waals surface area contributed by atoms with E-state index in [1.54, 1.807) is 12.1 Å². The molecule has 0 aliphatic rings. The molecule has 9 heteroatoms. The smallest absolute Gasteiger partial charge is 0.255 e. The molecule has 3 aromatic carbocycles. The lowest BCUT2D eigenvalue weighted by atomic mass is 10.0. The molecule has 6 N–H and O–H groups in total. The molecule has 0 unspecified atom stereocenters. The number of H-pyrrole nitrogens is 1. The number of carbonyl (C=O) groups is 2. The van der Waals surface area contributed by atoms with Crippen LogP contribution in [0.4, 0.5) is 15.9 Å². The number of hydrogen-bond donors (Lipinski definition) is 5. The van der Waals surface area contributed by atoms with Gasteiger partial charge in [0.25, 0.3) is 11.8 Å². The summed E-state index contributed by atoms with van der Waals surface area (Å²) >= 11 is 0. The average molecular weight is 488 g/mol. The van der Waals surface area contributed by atoms with Crippen LogP contribution in [0.15, 0.2) is 60.7 Å². The lowest BCUT2D eigenvalue weighted by Gasteiger charge is -2.10. The minimum Gasteiger partial charge on any atom is -0.507 e. The quantitative estimate of drug-likeness (QED) is 0.251. The van der Waals surface area contributed by atoms with Crippen LogP contribution in [0.2, 0.25) is 0 Å². The molecule has 0 radical (unpaired) electrons. The molecule has 0 saturated heterocycles. The van der Waals surface area contributed by atoms with Crippen molar-refractivity contribution in [2.45, 2.75) is 26.8 Å². The Morgan fingerprint density at radius 1 is 1.00 bits per heavy atom. The highest BCUT2D eigenvalue weighted by Crippen LogP contribution is 2.25. The summed E-state index contributed by atoms with van der Waals surface area (Å²) in [5.41, 5.74) is 10.7. The molecule has 8 nitrogen and oxygen atoms in total. The van der Waals surface area contributed by atoms with Crippen LogP contribution in [0.3, 0.4) is 0 Å². The van der Waals surface area contributed by atoms with Crippen molar-refractivity contribution >= 4 is 23.3 Å². The van der Waals surface area contributed by atoms with E-state index in [1.165, 1.54) is 24.3 Å². The third kappa shape index (κ3) is 5.52. The van der Waals surface area contributed by atoms with E-state index in [4.69, 9.17) is 5.73 Å². The molecule has 4 aromatic rings. The average Bonchev–Trinajstić information content (AvgIpc) is 3.25. The highest BCUT2D eigenvalue weighted by atomic mass is 19.1. The largest absolute Gasteiger partial charge is 0.507 e. The topological polar surface area (TPSA) is 133 Å². The fraction of sp³-hybridized carbons (Fsp3) is 0.148. The first-order valence-corrected chi connectivity index (χ1v) is 11.3. The molecule has 0 spiro atoms. The van der Waals surface area contributed by atoms with Gasteiger partial charge in [-0.1, -0.05) is 24.3 Å². The maximum atomic E-state index is 13.1. The van der Waals surface area contributed by atoms with Gasteiger partial charge >= 0.3 is 0 Å². The lowest BCUT2D eigenvalue weighted by molar-refractivity contribution is 0.0997. The molecule has 36 heavy (non-hydrogen) atoms. The van der Waals surface area contributed by atoms with E-state index in [0.717, 1.165) is 22.3 Å². The van der Waals surface area contributed by atoms with E-state index in [0.29, 0.717) is 35.7 Å². The fourth-order valence-corrected chi connectivity index (χ4v) is 3.95. The van der Waals surface area contributed by atoms with Gasteiger partial charge in [0.05, 0.1) is 5.69 Å². The van der Waals surface area contributed by atoms with E-state index in [1.807, 2.05) is 38.1 Å².